The van der Waals surface area contributed by atoms with Gasteiger partial charge in [-0.3, -0.25) is 5.32 Å². The van der Waals surface area contributed by atoms with E-state index in [1.165, 1.54) is 0 Å². The number of aromatic nitrogens is 1. The third kappa shape index (κ3) is 4.06. The van der Waals surface area contributed by atoms with Crippen molar-refractivity contribution in [2.75, 3.05) is 5.32 Å². The summed E-state index contributed by atoms with van der Waals surface area (Å²) < 4.78 is 7.19. The van der Waals surface area contributed by atoms with Gasteiger partial charge in [0.2, 0.25) is 0 Å². The van der Waals surface area contributed by atoms with Crippen LogP contribution in [0.2, 0.25) is 0 Å². The SMILES string of the molecule is Cc1c[n+](C)cc(C)c1NC(=O)OC(C)(C)C. The summed E-state index contributed by atoms with van der Waals surface area (Å²) >= 11 is 0. The van der Waals surface area contributed by atoms with Gasteiger partial charge in [0.15, 0.2) is 12.4 Å². The van der Waals surface area contributed by atoms with Crippen molar-refractivity contribution in [2.45, 2.75) is 40.2 Å². The van der Waals surface area contributed by atoms with Crippen LogP contribution in [0, 0.1) is 13.8 Å². The molecule has 0 aliphatic heterocycles. The van der Waals surface area contributed by atoms with Gasteiger partial charge < -0.3 is 4.74 Å². The zero-order valence-corrected chi connectivity index (χ0v) is 11.4. The standard InChI is InChI=1S/C13H20N2O2/c1-9-7-15(6)8-10(2)11(9)14-12(16)17-13(3,4)5/h7-8H,1-6H3/p+1. The maximum atomic E-state index is 11.7. The number of anilines is 1. The summed E-state index contributed by atoms with van der Waals surface area (Å²) in [5.41, 5.74) is 2.36. The minimum atomic E-state index is -0.481. The molecule has 1 N–H and O–H groups in total. The van der Waals surface area contributed by atoms with Crippen LogP contribution in [0.5, 0.6) is 0 Å². The van der Waals surface area contributed by atoms with Gasteiger partial charge in [0, 0.05) is 11.1 Å². The number of pyridine rings is 1. The third-order valence-electron chi connectivity index (χ3n) is 2.21. The molecule has 0 saturated heterocycles. The highest BCUT2D eigenvalue weighted by Gasteiger charge is 2.18. The molecule has 1 aromatic heterocycles. The minimum Gasteiger partial charge on any atom is -0.444 e. The van der Waals surface area contributed by atoms with E-state index in [2.05, 4.69) is 5.32 Å². The molecule has 0 spiro atoms. The molecule has 0 unspecified atom stereocenters. The summed E-state index contributed by atoms with van der Waals surface area (Å²) in [6.45, 7) is 9.45. The van der Waals surface area contributed by atoms with Crippen LogP contribution in [0.4, 0.5) is 10.5 Å². The lowest BCUT2D eigenvalue weighted by atomic mass is 10.2. The molecule has 0 radical (unpaired) electrons. The Labute approximate surface area is 103 Å². The van der Waals surface area contributed by atoms with Crippen molar-refractivity contribution in [3.63, 3.8) is 0 Å². The topological polar surface area (TPSA) is 42.2 Å². The number of hydrogen-bond donors (Lipinski definition) is 1. The highest BCUT2D eigenvalue weighted by molar-refractivity contribution is 5.86. The smallest absolute Gasteiger partial charge is 0.412 e. The van der Waals surface area contributed by atoms with Gasteiger partial charge in [-0.2, -0.15) is 0 Å². The molecule has 1 aromatic rings. The Kier molecular flexibility index (Phi) is 3.76. The predicted molar refractivity (Wildman–Crippen MR) is 66.9 cm³/mol. The summed E-state index contributed by atoms with van der Waals surface area (Å²) in [6.07, 6.45) is 3.50. The first-order chi connectivity index (χ1) is 7.69. The Morgan fingerprint density at radius 3 is 2.12 bits per heavy atom. The first kappa shape index (κ1) is 13.5. The summed E-state index contributed by atoms with van der Waals surface area (Å²) in [5, 5.41) is 2.79. The fraction of sp³-hybridized carbons (Fsp3) is 0.538. The number of carbonyl (C=O) groups is 1. The number of nitrogens with zero attached hydrogens (tertiary/aromatic N) is 1. The van der Waals surface area contributed by atoms with Gasteiger partial charge >= 0.3 is 6.09 Å². The number of amides is 1. The molecule has 0 aliphatic carbocycles. The highest BCUT2D eigenvalue weighted by atomic mass is 16.6. The molecule has 1 amide bonds. The summed E-state index contributed by atoms with van der Waals surface area (Å²) in [4.78, 5) is 11.7. The quantitative estimate of drug-likeness (QED) is 0.762. The van der Waals surface area contributed by atoms with Crippen LogP contribution in [0.25, 0.3) is 0 Å². The van der Waals surface area contributed by atoms with Crippen LogP contribution >= 0.6 is 0 Å². The minimum absolute atomic E-state index is 0.419. The Hall–Kier alpha value is -1.58. The molecule has 1 rings (SSSR count). The van der Waals surface area contributed by atoms with Gasteiger partial charge in [0.1, 0.15) is 12.6 Å². The number of rotatable bonds is 1. The van der Waals surface area contributed by atoms with Crippen molar-refractivity contribution >= 4 is 11.8 Å². The van der Waals surface area contributed by atoms with Gasteiger partial charge in [0.05, 0.1) is 5.69 Å². The van der Waals surface area contributed by atoms with Gasteiger partial charge in [-0.1, -0.05) is 0 Å². The second kappa shape index (κ2) is 4.73. The van der Waals surface area contributed by atoms with Crippen LogP contribution in [0.1, 0.15) is 31.9 Å². The highest BCUT2D eigenvalue weighted by Crippen LogP contribution is 2.18. The van der Waals surface area contributed by atoms with Gasteiger partial charge in [0.25, 0.3) is 0 Å². The Morgan fingerprint density at radius 2 is 1.71 bits per heavy atom. The maximum Gasteiger partial charge on any atom is 0.412 e. The van der Waals surface area contributed by atoms with Gasteiger partial charge in [-0.15, -0.1) is 0 Å². The van der Waals surface area contributed by atoms with Crippen LogP contribution in [-0.2, 0) is 11.8 Å². The molecule has 0 fully saturated rings. The van der Waals surface area contributed by atoms with Crippen molar-refractivity contribution in [1.29, 1.82) is 0 Å². The fourth-order valence-electron chi connectivity index (χ4n) is 1.69. The molecule has 4 nitrogen and oxygen atoms in total. The van der Waals surface area contributed by atoms with E-state index >= 15 is 0 Å². The van der Waals surface area contributed by atoms with Crippen LogP contribution in [0.15, 0.2) is 12.4 Å². The van der Waals surface area contributed by atoms with E-state index in [0.29, 0.717) is 0 Å². The maximum absolute atomic E-state index is 11.7. The third-order valence-corrected chi connectivity index (χ3v) is 2.21. The number of carbonyl (C=O) groups excluding carboxylic acids is 1. The molecule has 0 atom stereocenters. The van der Waals surface area contributed by atoms with Crippen LogP contribution in [0.3, 0.4) is 0 Å². The Bertz CT molecular complexity index is 411. The van der Waals surface area contributed by atoms with Crippen molar-refractivity contribution in [3.05, 3.63) is 23.5 Å². The van der Waals surface area contributed by atoms with Crippen molar-refractivity contribution in [2.24, 2.45) is 7.05 Å². The van der Waals surface area contributed by atoms with E-state index in [9.17, 15) is 4.79 Å². The zero-order valence-electron chi connectivity index (χ0n) is 11.4. The lowest BCUT2D eigenvalue weighted by Gasteiger charge is -2.20. The first-order valence-corrected chi connectivity index (χ1v) is 5.65. The van der Waals surface area contributed by atoms with Crippen LogP contribution < -0.4 is 9.88 Å². The molecular weight excluding hydrogens is 216 g/mol. The predicted octanol–water partition coefficient (Wildman–Crippen LogP) is 2.47. The zero-order chi connectivity index (χ0) is 13.2. The molecule has 0 aromatic carbocycles. The largest absolute Gasteiger partial charge is 0.444 e. The average molecular weight is 237 g/mol. The molecule has 0 bridgehead atoms. The van der Waals surface area contributed by atoms with Gasteiger partial charge in [-0.05, 0) is 34.6 Å². The number of hydrogen-bond acceptors (Lipinski definition) is 2. The lowest BCUT2D eigenvalue weighted by molar-refractivity contribution is -0.672. The van der Waals surface area contributed by atoms with E-state index < -0.39 is 11.7 Å². The van der Waals surface area contributed by atoms with E-state index in [-0.39, 0.29) is 0 Å². The number of ether oxygens (including phenoxy) is 1. The summed E-state index contributed by atoms with van der Waals surface area (Å²) in [7, 11) is 1.96. The lowest BCUT2D eigenvalue weighted by Crippen LogP contribution is -2.31. The van der Waals surface area contributed by atoms with Gasteiger partial charge in [-0.25, -0.2) is 9.36 Å². The second-order valence-electron chi connectivity index (χ2n) is 5.29. The Balaban J connectivity index is 2.86. The normalized spacial score (nSPS) is 11.2. The monoisotopic (exact) mass is 237 g/mol. The van der Waals surface area contributed by atoms with Crippen molar-refractivity contribution < 1.29 is 14.1 Å². The second-order valence-corrected chi connectivity index (χ2v) is 5.29. The molecule has 4 heteroatoms. The number of nitrogens with one attached hydrogen (secondary N) is 1. The van der Waals surface area contributed by atoms with Crippen molar-refractivity contribution in [3.8, 4) is 0 Å². The van der Waals surface area contributed by atoms with Crippen molar-refractivity contribution in [1.82, 2.24) is 0 Å². The molecule has 17 heavy (non-hydrogen) atoms. The van der Waals surface area contributed by atoms with E-state index in [4.69, 9.17) is 4.74 Å². The summed E-state index contributed by atoms with van der Waals surface area (Å²) in [5.74, 6) is 0. The molecule has 0 saturated carbocycles. The molecule has 94 valence electrons. The van der Waals surface area contributed by atoms with E-state index in [0.717, 1.165) is 16.8 Å². The molecule has 0 aliphatic rings. The van der Waals surface area contributed by atoms with Crippen LogP contribution in [-0.4, -0.2) is 11.7 Å². The first-order valence-electron chi connectivity index (χ1n) is 5.65. The Morgan fingerprint density at radius 1 is 1.24 bits per heavy atom. The molecular formula is C13H21N2O2+. The molecule has 1 heterocycles. The summed E-state index contributed by atoms with van der Waals surface area (Å²) in [6, 6.07) is 0. The fourth-order valence-corrected chi connectivity index (χ4v) is 1.69. The number of aryl methyl sites for hydroxylation is 3. The van der Waals surface area contributed by atoms with E-state index in [1.807, 2.05) is 58.6 Å². The average Bonchev–Trinajstić information content (AvgIpc) is 2.08. The van der Waals surface area contributed by atoms with E-state index in [1.54, 1.807) is 0 Å².